The predicted molar refractivity (Wildman–Crippen MR) is 115 cm³/mol. The van der Waals surface area contributed by atoms with Gasteiger partial charge in [-0.25, -0.2) is 4.79 Å². The molecule has 0 radical (unpaired) electrons. The first kappa shape index (κ1) is 22.7. The molecule has 9 heteroatoms. The van der Waals surface area contributed by atoms with Crippen LogP contribution in [0, 0.1) is 0 Å². The summed E-state index contributed by atoms with van der Waals surface area (Å²) in [6.45, 7) is 4.84. The third-order valence-electron chi connectivity index (χ3n) is 6.01. The summed E-state index contributed by atoms with van der Waals surface area (Å²) in [5.74, 6) is -0.822. The smallest absolute Gasteiger partial charge is 0.344 e. The van der Waals surface area contributed by atoms with E-state index in [9.17, 15) is 19.2 Å². The number of aryl methyl sites for hydroxylation is 1. The highest BCUT2D eigenvalue weighted by Gasteiger charge is 2.47. The topological polar surface area (TPSA) is 111 Å². The van der Waals surface area contributed by atoms with Gasteiger partial charge in [-0.05, 0) is 38.2 Å². The van der Waals surface area contributed by atoms with Crippen LogP contribution in [0.15, 0.2) is 30.3 Å². The fourth-order valence-electron chi connectivity index (χ4n) is 3.83. The lowest BCUT2D eigenvalue weighted by Crippen LogP contribution is -2.52. The van der Waals surface area contributed by atoms with Crippen LogP contribution in [0.25, 0.3) is 0 Å². The lowest BCUT2D eigenvalue weighted by molar-refractivity contribution is -0.139. The van der Waals surface area contributed by atoms with Crippen LogP contribution in [-0.4, -0.2) is 64.9 Å². The molecule has 9 nitrogen and oxygen atoms in total. The van der Waals surface area contributed by atoms with Crippen LogP contribution in [-0.2, 0) is 20.8 Å². The van der Waals surface area contributed by atoms with Crippen LogP contribution in [0.1, 0.15) is 45.1 Å². The molecule has 2 heterocycles. The number of hydrazine groups is 1. The average molecular weight is 430 g/mol. The molecule has 31 heavy (non-hydrogen) atoms. The minimum Gasteiger partial charge on any atom is -0.353 e. The molecule has 2 saturated heterocycles. The first-order valence-electron chi connectivity index (χ1n) is 10.8. The van der Waals surface area contributed by atoms with Crippen molar-refractivity contribution in [2.75, 3.05) is 19.6 Å². The van der Waals surface area contributed by atoms with Crippen molar-refractivity contribution in [3.05, 3.63) is 35.9 Å². The summed E-state index contributed by atoms with van der Waals surface area (Å²) in [5, 5.41) is 6.45. The van der Waals surface area contributed by atoms with Crippen LogP contribution in [0.2, 0.25) is 0 Å². The summed E-state index contributed by atoms with van der Waals surface area (Å²) in [6, 6.07) is 9.40. The quantitative estimate of drug-likeness (QED) is 0.533. The van der Waals surface area contributed by atoms with E-state index in [0.29, 0.717) is 32.4 Å². The van der Waals surface area contributed by atoms with E-state index in [1.54, 1.807) is 13.8 Å². The summed E-state index contributed by atoms with van der Waals surface area (Å²) < 4.78 is 0. The van der Waals surface area contributed by atoms with Crippen molar-refractivity contribution in [1.82, 2.24) is 26.0 Å². The van der Waals surface area contributed by atoms with Gasteiger partial charge in [-0.15, -0.1) is 0 Å². The molecule has 0 aromatic heterocycles. The zero-order valence-corrected chi connectivity index (χ0v) is 18.1. The Labute approximate surface area is 182 Å². The van der Waals surface area contributed by atoms with Crippen molar-refractivity contribution in [2.45, 2.75) is 57.5 Å². The zero-order chi connectivity index (χ0) is 22.4. The van der Waals surface area contributed by atoms with Crippen molar-refractivity contribution >= 4 is 23.8 Å². The average Bonchev–Trinajstić information content (AvgIpc) is 2.98. The Balaban J connectivity index is 1.37. The van der Waals surface area contributed by atoms with Gasteiger partial charge in [-0.3, -0.25) is 24.7 Å². The molecular weight excluding hydrogens is 398 g/mol. The molecule has 2 aliphatic heterocycles. The van der Waals surface area contributed by atoms with E-state index in [1.165, 1.54) is 0 Å². The maximum absolute atomic E-state index is 12.4. The number of benzene rings is 1. The van der Waals surface area contributed by atoms with Crippen LogP contribution in [0.4, 0.5) is 4.79 Å². The third-order valence-corrected chi connectivity index (χ3v) is 6.01. The van der Waals surface area contributed by atoms with Gasteiger partial charge in [0.05, 0.1) is 6.54 Å². The van der Waals surface area contributed by atoms with Crippen LogP contribution in [0.3, 0.4) is 0 Å². The lowest BCUT2D eigenvalue weighted by Gasteiger charge is -2.32. The summed E-state index contributed by atoms with van der Waals surface area (Å²) in [5.41, 5.74) is 2.57. The number of urea groups is 1. The molecule has 2 fully saturated rings. The molecule has 1 atom stereocenters. The van der Waals surface area contributed by atoms with Crippen LogP contribution < -0.4 is 16.1 Å². The van der Waals surface area contributed by atoms with Crippen LogP contribution in [0.5, 0.6) is 0 Å². The van der Waals surface area contributed by atoms with E-state index in [2.05, 4.69) is 16.1 Å². The second-order valence-electron chi connectivity index (χ2n) is 8.39. The number of carbonyl (C=O) groups is 4. The van der Waals surface area contributed by atoms with E-state index in [0.717, 1.165) is 23.4 Å². The van der Waals surface area contributed by atoms with Crippen LogP contribution >= 0.6 is 0 Å². The number of hydrogen-bond donors (Lipinski definition) is 3. The standard InChI is InChI=1S/C22H31N5O4/c1-3-22(2)20(30)27(21(31)24-22)25-19(29)15-26-13-11-17(12-14-26)23-18(28)10-9-16-7-5-4-6-8-16/h4-8,17H,3,9-15H2,1-2H3,(H,23,28)(H,24,31)(H,25,29). The van der Waals surface area contributed by atoms with E-state index < -0.39 is 23.4 Å². The van der Waals surface area contributed by atoms with Crippen molar-refractivity contribution < 1.29 is 19.2 Å². The zero-order valence-electron chi connectivity index (χ0n) is 18.1. The van der Waals surface area contributed by atoms with Gasteiger partial charge >= 0.3 is 6.03 Å². The third kappa shape index (κ3) is 5.81. The summed E-state index contributed by atoms with van der Waals surface area (Å²) >= 11 is 0. The Hall–Kier alpha value is -2.94. The number of nitrogens with zero attached hydrogens (tertiary/aromatic N) is 2. The van der Waals surface area contributed by atoms with Gasteiger partial charge in [0.25, 0.3) is 11.8 Å². The Kier molecular flexibility index (Phi) is 7.27. The first-order chi connectivity index (χ1) is 14.8. The molecular formula is C22H31N5O4. The molecule has 0 aliphatic carbocycles. The highest BCUT2D eigenvalue weighted by atomic mass is 16.2. The number of imide groups is 1. The van der Waals surface area contributed by atoms with Gasteiger partial charge in [-0.2, -0.15) is 5.01 Å². The minimum absolute atomic E-state index is 0.0394. The molecule has 0 bridgehead atoms. The Bertz CT molecular complexity index is 822. The van der Waals surface area contributed by atoms with Gasteiger partial charge in [0.2, 0.25) is 5.91 Å². The number of amides is 5. The Morgan fingerprint density at radius 3 is 2.42 bits per heavy atom. The number of piperidine rings is 1. The molecule has 3 N–H and O–H groups in total. The number of carbonyl (C=O) groups excluding carboxylic acids is 4. The normalized spacial score (nSPS) is 22.3. The van der Waals surface area contributed by atoms with Crippen molar-refractivity contribution in [1.29, 1.82) is 0 Å². The Morgan fingerprint density at radius 2 is 1.81 bits per heavy atom. The van der Waals surface area contributed by atoms with Gasteiger partial charge in [-0.1, -0.05) is 37.3 Å². The first-order valence-corrected chi connectivity index (χ1v) is 10.8. The van der Waals surface area contributed by atoms with E-state index in [-0.39, 0.29) is 18.5 Å². The molecule has 5 amide bonds. The SMILES string of the molecule is CCC1(C)NC(=O)N(NC(=O)CN2CCC(NC(=O)CCc3ccccc3)CC2)C1=O. The maximum Gasteiger partial charge on any atom is 0.344 e. The molecule has 1 aromatic rings. The van der Waals surface area contributed by atoms with E-state index in [4.69, 9.17) is 0 Å². The summed E-state index contributed by atoms with van der Waals surface area (Å²) in [6.07, 6.45) is 3.11. The second kappa shape index (κ2) is 9.91. The van der Waals surface area contributed by atoms with E-state index >= 15 is 0 Å². The Morgan fingerprint density at radius 1 is 1.13 bits per heavy atom. The fourth-order valence-corrected chi connectivity index (χ4v) is 3.83. The van der Waals surface area contributed by atoms with Crippen molar-refractivity contribution in [2.24, 2.45) is 0 Å². The monoisotopic (exact) mass is 429 g/mol. The van der Waals surface area contributed by atoms with Crippen molar-refractivity contribution in [3.8, 4) is 0 Å². The highest BCUT2D eigenvalue weighted by molar-refractivity contribution is 6.07. The minimum atomic E-state index is -0.985. The predicted octanol–water partition coefficient (Wildman–Crippen LogP) is 0.952. The van der Waals surface area contributed by atoms with Gasteiger partial charge in [0.15, 0.2) is 0 Å². The number of hydrogen-bond acceptors (Lipinski definition) is 5. The molecule has 1 aromatic carbocycles. The molecule has 0 spiro atoms. The van der Waals surface area contributed by atoms with E-state index in [1.807, 2.05) is 35.2 Å². The highest BCUT2D eigenvalue weighted by Crippen LogP contribution is 2.19. The summed E-state index contributed by atoms with van der Waals surface area (Å²) in [4.78, 5) is 50.9. The summed E-state index contributed by atoms with van der Waals surface area (Å²) in [7, 11) is 0. The largest absolute Gasteiger partial charge is 0.353 e. The molecule has 168 valence electrons. The van der Waals surface area contributed by atoms with Gasteiger partial charge in [0, 0.05) is 25.6 Å². The van der Waals surface area contributed by atoms with Gasteiger partial charge in [0.1, 0.15) is 5.54 Å². The van der Waals surface area contributed by atoms with Crippen molar-refractivity contribution in [3.63, 3.8) is 0 Å². The molecule has 3 rings (SSSR count). The number of likely N-dealkylation sites (tertiary alicyclic amines) is 1. The molecule has 0 saturated carbocycles. The number of rotatable bonds is 8. The molecule has 1 unspecified atom stereocenters. The maximum atomic E-state index is 12.4. The number of nitrogens with one attached hydrogen (secondary N) is 3. The fraction of sp³-hybridized carbons (Fsp3) is 0.545. The second-order valence-corrected chi connectivity index (χ2v) is 8.39. The van der Waals surface area contributed by atoms with Gasteiger partial charge < -0.3 is 10.6 Å². The molecule has 2 aliphatic rings. The lowest BCUT2D eigenvalue weighted by atomic mass is 10.00.